The number of aromatic nitrogens is 1. The van der Waals surface area contributed by atoms with Crippen LogP contribution in [0.25, 0.3) is 0 Å². The third kappa shape index (κ3) is 4.55. The van der Waals surface area contributed by atoms with Crippen molar-refractivity contribution in [3.63, 3.8) is 0 Å². The molecule has 0 aliphatic rings. The zero-order valence-corrected chi connectivity index (χ0v) is 11.3. The van der Waals surface area contributed by atoms with Crippen molar-refractivity contribution in [3.8, 4) is 0 Å². The Kier molecular flexibility index (Phi) is 4.27. The number of rotatable bonds is 3. The molecular formula is C14H21NO2. The maximum atomic E-state index is 11.8. The Morgan fingerprint density at radius 2 is 2.06 bits per heavy atom. The molecule has 0 aromatic carbocycles. The maximum Gasteiger partial charge on any atom is 0.310 e. The molecule has 0 unspecified atom stereocenters. The van der Waals surface area contributed by atoms with E-state index in [-0.39, 0.29) is 5.97 Å². The monoisotopic (exact) mass is 235 g/mol. The molecule has 0 aliphatic heterocycles. The van der Waals surface area contributed by atoms with Crippen LogP contribution in [0, 0.1) is 0 Å². The Morgan fingerprint density at radius 3 is 2.59 bits per heavy atom. The van der Waals surface area contributed by atoms with E-state index in [0.717, 1.165) is 11.3 Å². The molecule has 0 aliphatic carbocycles. The molecule has 17 heavy (non-hydrogen) atoms. The zero-order chi connectivity index (χ0) is 13.1. The van der Waals surface area contributed by atoms with Gasteiger partial charge in [-0.15, -0.1) is 0 Å². The first-order valence-electron chi connectivity index (χ1n) is 5.95. The number of pyridine rings is 1. The number of carbonyl (C=O) groups is 1. The summed E-state index contributed by atoms with van der Waals surface area (Å²) >= 11 is 0. The highest BCUT2D eigenvalue weighted by Gasteiger charge is 2.18. The highest BCUT2D eigenvalue weighted by Crippen LogP contribution is 2.18. The van der Waals surface area contributed by atoms with E-state index in [2.05, 4.69) is 18.8 Å². The lowest BCUT2D eigenvalue weighted by Crippen LogP contribution is -2.25. The van der Waals surface area contributed by atoms with Gasteiger partial charge in [0.15, 0.2) is 0 Å². The van der Waals surface area contributed by atoms with Crippen LogP contribution < -0.4 is 0 Å². The van der Waals surface area contributed by atoms with Gasteiger partial charge in [-0.3, -0.25) is 9.78 Å². The zero-order valence-electron chi connectivity index (χ0n) is 11.3. The molecular weight excluding hydrogens is 214 g/mol. The van der Waals surface area contributed by atoms with E-state index in [4.69, 9.17) is 4.74 Å². The van der Waals surface area contributed by atoms with Crippen LogP contribution in [0.2, 0.25) is 0 Å². The van der Waals surface area contributed by atoms with Crippen LogP contribution in [0.1, 0.15) is 51.8 Å². The molecule has 0 radical (unpaired) electrons. The fourth-order valence-corrected chi connectivity index (χ4v) is 1.65. The molecule has 0 fully saturated rings. The summed E-state index contributed by atoms with van der Waals surface area (Å²) in [4.78, 5) is 16.1. The fraction of sp³-hybridized carbons (Fsp3) is 0.571. The van der Waals surface area contributed by atoms with Crippen LogP contribution in [-0.4, -0.2) is 16.6 Å². The highest BCUT2D eigenvalue weighted by molar-refractivity contribution is 5.73. The average Bonchev–Trinajstić information content (AvgIpc) is 2.14. The number of esters is 1. The minimum Gasteiger partial charge on any atom is -0.460 e. The normalized spacial score (nSPS) is 11.6. The van der Waals surface area contributed by atoms with Gasteiger partial charge in [-0.1, -0.05) is 19.9 Å². The summed E-state index contributed by atoms with van der Waals surface area (Å²) in [7, 11) is 0. The van der Waals surface area contributed by atoms with E-state index < -0.39 is 5.60 Å². The predicted octanol–water partition coefficient (Wildman–Crippen LogP) is 3.09. The highest BCUT2D eigenvalue weighted by atomic mass is 16.6. The van der Waals surface area contributed by atoms with Gasteiger partial charge < -0.3 is 4.74 Å². The van der Waals surface area contributed by atoms with Gasteiger partial charge in [-0.2, -0.15) is 0 Å². The van der Waals surface area contributed by atoms with Crippen molar-refractivity contribution in [2.75, 3.05) is 0 Å². The fourth-order valence-electron chi connectivity index (χ4n) is 1.65. The van der Waals surface area contributed by atoms with E-state index in [9.17, 15) is 4.79 Å². The van der Waals surface area contributed by atoms with Gasteiger partial charge in [-0.25, -0.2) is 0 Å². The molecule has 94 valence electrons. The molecule has 3 heteroatoms. The predicted molar refractivity (Wildman–Crippen MR) is 67.9 cm³/mol. The summed E-state index contributed by atoms with van der Waals surface area (Å²) in [5.74, 6) is 0.112. The third-order valence-corrected chi connectivity index (χ3v) is 2.23. The van der Waals surface area contributed by atoms with Gasteiger partial charge >= 0.3 is 5.97 Å². The summed E-state index contributed by atoms with van der Waals surface area (Å²) < 4.78 is 5.31. The first-order chi connectivity index (χ1) is 7.79. The van der Waals surface area contributed by atoms with Gasteiger partial charge in [0.25, 0.3) is 0 Å². The maximum absolute atomic E-state index is 11.8. The molecule has 0 bridgehead atoms. The SMILES string of the molecule is CC(C)c1ncccc1CC(=O)OC(C)(C)C. The lowest BCUT2D eigenvalue weighted by molar-refractivity contribution is -0.153. The first kappa shape index (κ1) is 13.7. The second-order valence-corrected chi connectivity index (χ2v) is 5.47. The third-order valence-electron chi connectivity index (χ3n) is 2.23. The molecule has 0 atom stereocenters. The molecule has 0 spiro atoms. The van der Waals surface area contributed by atoms with Crippen molar-refractivity contribution in [2.24, 2.45) is 0 Å². The van der Waals surface area contributed by atoms with E-state index >= 15 is 0 Å². The number of ether oxygens (including phenoxy) is 1. The standard InChI is InChI=1S/C14H21NO2/c1-10(2)13-11(7-6-8-15-13)9-12(16)17-14(3,4)5/h6-8,10H,9H2,1-5H3. The second-order valence-electron chi connectivity index (χ2n) is 5.47. The Balaban J connectivity index is 2.78. The van der Waals surface area contributed by atoms with E-state index in [1.54, 1.807) is 6.20 Å². The summed E-state index contributed by atoms with van der Waals surface area (Å²) in [6.45, 7) is 9.76. The van der Waals surface area contributed by atoms with Crippen LogP contribution >= 0.6 is 0 Å². The Labute approximate surface area is 103 Å². The summed E-state index contributed by atoms with van der Waals surface area (Å²) in [5, 5.41) is 0. The van der Waals surface area contributed by atoms with Crippen molar-refractivity contribution < 1.29 is 9.53 Å². The molecule has 1 aromatic rings. The smallest absolute Gasteiger partial charge is 0.310 e. The van der Waals surface area contributed by atoms with Crippen LogP contribution in [0.5, 0.6) is 0 Å². The molecule has 1 heterocycles. The number of hydrogen-bond donors (Lipinski definition) is 0. The van der Waals surface area contributed by atoms with Crippen molar-refractivity contribution in [1.29, 1.82) is 0 Å². The summed E-state index contributed by atoms with van der Waals surface area (Å²) in [6.07, 6.45) is 2.05. The number of hydrogen-bond acceptors (Lipinski definition) is 3. The van der Waals surface area contributed by atoms with Crippen molar-refractivity contribution in [3.05, 3.63) is 29.6 Å². The molecule has 0 saturated heterocycles. The lowest BCUT2D eigenvalue weighted by Gasteiger charge is -2.20. The summed E-state index contributed by atoms with van der Waals surface area (Å²) in [6, 6.07) is 3.79. The Hall–Kier alpha value is -1.38. The van der Waals surface area contributed by atoms with Crippen LogP contribution in [-0.2, 0) is 16.0 Å². The topological polar surface area (TPSA) is 39.2 Å². The average molecular weight is 235 g/mol. The molecule has 1 rings (SSSR count). The minimum atomic E-state index is -0.433. The lowest BCUT2D eigenvalue weighted by atomic mass is 10.0. The number of carbonyl (C=O) groups excluding carboxylic acids is 1. The van der Waals surface area contributed by atoms with Gasteiger partial charge in [-0.05, 0) is 38.3 Å². The second kappa shape index (κ2) is 5.30. The van der Waals surface area contributed by atoms with Crippen molar-refractivity contribution >= 4 is 5.97 Å². The molecule has 0 saturated carbocycles. The van der Waals surface area contributed by atoms with Gasteiger partial charge in [0.2, 0.25) is 0 Å². The van der Waals surface area contributed by atoms with E-state index in [0.29, 0.717) is 12.3 Å². The van der Waals surface area contributed by atoms with E-state index in [1.807, 2.05) is 32.9 Å². The largest absolute Gasteiger partial charge is 0.460 e. The van der Waals surface area contributed by atoms with Crippen LogP contribution in [0.3, 0.4) is 0 Å². The quantitative estimate of drug-likeness (QED) is 0.756. The molecule has 0 N–H and O–H groups in total. The Morgan fingerprint density at radius 1 is 1.41 bits per heavy atom. The van der Waals surface area contributed by atoms with Crippen molar-refractivity contribution in [1.82, 2.24) is 4.98 Å². The molecule has 3 nitrogen and oxygen atoms in total. The van der Waals surface area contributed by atoms with Crippen LogP contribution in [0.15, 0.2) is 18.3 Å². The van der Waals surface area contributed by atoms with Gasteiger partial charge in [0.05, 0.1) is 6.42 Å². The molecule has 1 aromatic heterocycles. The minimum absolute atomic E-state index is 0.201. The molecule has 0 amide bonds. The van der Waals surface area contributed by atoms with Crippen molar-refractivity contribution in [2.45, 2.75) is 52.6 Å². The van der Waals surface area contributed by atoms with E-state index in [1.165, 1.54) is 0 Å². The summed E-state index contributed by atoms with van der Waals surface area (Å²) in [5.41, 5.74) is 1.49. The first-order valence-corrected chi connectivity index (χ1v) is 5.95. The Bertz CT molecular complexity index is 391. The number of nitrogens with zero attached hydrogens (tertiary/aromatic N) is 1. The van der Waals surface area contributed by atoms with Gasteiger partial charge in [0.1, 0.15) is 5.60 Å². The van der Waals surface area contributed by atoms with Gasteiger partial charge in [0, 0.05) is 11.9 Å². The van der Waals surface area contributed by atoms with Crippen LogP contribution in [0.4, 0.5) is 0 Å².